The average molecular weight is 595 g/mol. The molecule has 250 valence electrons. The molecule has 0 aliphatic heterocycles. The first-order valence-electron chi connectivity index (χ1n) is 19.0. The Hall–Kier alpha value is -1.06. The SMILES string of the molecule is CCCCCCCCCCCCCCCCCC(=O)OCCOC(=O)CCCCCCCCCCCCCCCCC. The van der Waals surface area contributed by atoms with E-state index in [4.69, 9.17) is 9.47 Å². The molecule has 0 heterocycles. The Morgan fingerprint density at radius 2 is 0.500 bits per heavy atom. The minimum Gasteiger partial charge on any atom is -0.462 e. The van der Waals surface area contributed by atoms with Crippen molar-refractivity contribution in [2.75, 3.05) is 13.2 Å². The van der Waals surface area contributed by atoms with E-state index in [1.54, 1.807) is 0 Å². The number of hydrogen-bond donors (Lipinski definition) is 0. The van der Waals surface area contributed by atoms with Gasteiger partial charge in [-0.15, -0.1) is 0 Å². The van der Waals surface area contributed by atoms with Crippen molar-refractivity contribution >= 4 is 11.9 Å². The molecule has 4 heteroatoms. The van der Waals surface area contributed by atoms with Gasteiger partial charge in [-0.2, -0.15) is 0 Å². The minimum atomic E-state index is -0.164. The van der Waals surface area contributed by atoms with Crippen molar-refractivity contribution in [3.63, 3.8) is 0 Å². The smallest absolute Gasteiger partial charge is 0.305 e. The third-order valence-electron chi connectivity index (χ3n) is 8.58. The number of unbranched alkanes of at least 4 members (excludes halogenated alkanes) is 28. The standard InChI is InChI=1S/C38H74O4/c1-3-5-7-9-11-13-15-17-19-21-23-25-27-29-31-33-37(39)41-35-36-42-38(40)34-32-30-28-26-24-22-20-18-16-14-12-10-8-6-4-2/h3-36H2,1-2H3. The van der Waals surface area contributed by atoms with Gasteiger partial charge in [-0.05, 0) is 12.8 Å². The molecule has 0 aliphatic carbocycles. The summed E-state index contributed by atoms with van der Waals surface area (Å²) in [7, 11) is 0. The number of carbonyl (C=O) groups is 2. The fraction of sp³-hybridized carbons (Fsp3) is 0.947. The highest BCUT2D eigenvalue weighted by Gasteiger charge is 2.06. The van der Waals surface area contributed by atoms with E-state index in [0.29, 0.717) is 12.8 Å². The quantitative estimate of drug-likeness (QED) is 0.0541. The summed E-state index contributed by atoms with van der Waals surface area (Å²) < 4.78 is 10.5. The molecule has 0 fully saturated rings. The summed E-state index contributed by atoms with van der Waals surface area (Å²) in [6.07, 6.45) is 40.5. The van der Waals surface area contributed by atoms with Gasteiger partial charge in [0.1, 0.15) is 13.2 Å². The first-order valence-corrected chi connectivity index (χ1v) is 19.0. The highest BCUT2D eigenvalue weighted by Crippen LogP contribution is 2.15. The second kappa shape index (κ2) is 36.1. The van der Waals surface area contributed by atoms with E-state index >= 15 is 0 Å². The van der Waals surface area contributed by atoms with E-state index in [9.17, 15) is 9.59 Å². The van der Waals surface area contributed by atoms with Crippen molar-refractivity contribution in [2.24, 2.45) is 0 Å². The monoisotopic (exact) mass is 595 g/mol. The van der Waals surface area contributed by atoms with E-state index in [0.717, 1.165) is 25.7 Å². The molecule has 0 aromatic carbocycles. The van der Waals surface area contributed by atoms with Crippen LogP contribution < -0.4 is 0 Å². The van der Waals surface area contributed by atoms with E-state index < -0.39 is 0 Å². The van der Waals surface area contributed by atoms with Crippen LogP contribution in [0.4, 0.5) is 0 Å². The van der Waals surface area contributed by atoms with Crippen LogP contribution in [0.3, 0.4) is 0 Å². The molecule has 0 spiro atoms. The van der Waals surface area contributed by atoms with Gasteiger partial charge in [0.25, 0.3) is 0 Å². The largest absolute Gasteiger partial charge is 0.462 e. The molecular weight excluding hydrogens is 520 g/mol. The van der Waals surface area contributed by atoms with Crippen LogP contribution >= 0.6 is 0 Å². The number of ether oxygens (including phenoxy) is 2. The second-order valence-electron chi connectivity index (χ2n) is 12.8. The molecule has 0 aliphatic rings. The molecule has 0 saturated heterocycles. The van der Waals surface area contributed by atoms with Crippen LogP contribution in [0, 0.1) is 0 Å². The lowest BCUT2D eigenvalue weighted by molar-refractivity contribution is -0.152. The van der Waals surface area contributed by atoms with Gasteiger partial charge >= 0.3 is 11.9 Å². The van der Waals surface area contributed by atoms with Crippen molar-refractivity contribution in [1.82, 2.24) is 0 Å². The van der Waals surface area contributed by atoms with E-state index in [1.165, 1.54) is 167 Å². The molecule has 0 atom stereocenters. The molecular formula is C38H74O4. The summed E-state index contributed by atoms with van der Waals surface area (Å²) in [6, 6.07) is 0. The third kappa shape index (κ3) is 35.1. The first kappa shape index (κ1) is 40.9. The molecule has 0 saturated carbocycles. The maximum absolute atomic E-state index is 11.9. The van der Waals surface area contributed by atoms with Crippen LogP contribution in [0.2, 0.25) is 0 Å². The Morgan fingerprint density at radius 3 is 0.714 bits per heavy atom. The zero-order valence-electron chi connectivity index (χ0n) is 28.7. The van der Waals surface area contributed by atoms with Gasteiger partial charge in [-0.1, -0.05) is 194 Å². The van der Waals surface area contributed by atoms with Gasteiger partial charge in [0.2, 0.25) is 0 Å². The van der Waals surface area contributed by atoms with Crippen molar-refractivity contribution < 1.29 is 19.1 Å². The number of carbonyl (C=O) groups excluding carboxylic acids is 2. The normalized spacial score (nSPS) is 11.2. The van der Waals surface area contributed by atoms with Crippen LogP contribution in [0.1, 0.15) is 219 Å². The third-order valence-corrected chi connectivity index (χ3v) is 8.58. The van der Waals surface area contributed by atoms with Gasteiger partial charge in [-0.25, -0.2) is 0 Å². The van der Waals surface area contributed by atoms with Gasteiger partial charge < -0.3 is 9.47 Å². The topological polar surface area (TPSA) is 52.6 Å². The second-order valence-corrected chi connectivity index (χ2v) is 12.8. The van der Waals surface area contributed by atoms with Crippen molar-refractivity contribution in [2.45, 2.75) is 219 Å². The van der Waals surface area contributed by atoms with Crippen LogP contribution in [0.15, 0.2) is 0 Å². The van der Waals surface area contributed by atoms with E-state index in [1.807, 2.05) is 0 Å². The summed E-state index contributed by atoms with van der Waals surface area (Å²) in [5.74, 6) is -0.327. The minimum absolute atomic E-state index is 0.164. The molecule has 4 nitrogen and oxygen atoms in total. The zero-order chi connectivity index (χ0) is 30.6. The van der Waals surface area contributed by atoms with Crippen LogP contribution in [0.5, 0.6) is 0 Å². The average Bonchev–Trinajstić information content (AvgIpc) is 2.99. The maximum Gasteiger partial charge on any atom is 0.305 e. The Bertz CT molecular complexity index is 499. The molecule has 0 bridgehead atoms. The van der Waals surface area contributed by atoms with E-state index in [2.05, 4.69) is 13.8 Å². The maximum atomic E-state index is 11.9. The number of hydrogen-bond acceptors (Lipinski definition) is 4. The van der Waals surface area contributed by atoms with Gasteiger partial charge in [-0.3, -0.25) is 9.59 Å². The van der Waals surface area contributed by atoms with Gasteiger partial charge in [0, 0.05) is 12.8 Å². The van der Waals surface area contributed by atoms with Gasteiger partial charge in [0.05, 0.1) is 0 Å². The predicted molar refractivity (Wildman–Crippen MR) is 181 cm³/mol. The number of esters is 2. The Morgan fingerprint density at radius 1 is 0.310 bits per heavy atom. The summed E-state index contributed by atoms with van der Waals surface area (Å²) in [5.41, 5.74) is 0. The Kier molecular flexibility index (Phi) is 35.2. The first-order chi connectivity index (χ1) is 20.7. The molecule has 0 aromatic heterocycles. The van der Waals surface area contributed by atoms with Gasteiger partial charge in [0.15, 0.2) is 0 Å². The lowest BCUT2D eigenvalue weighted by Crippen LogP contribution is -2.13. The lowest BCUT2D eigenvalue weighted by Gasteiger charge is -2.07. The fourth-order valence-corrected chi connectivity index (χ4v) is 5.74. The molecule has 0 amide bonds. The lowest BCUT2D eigenvalue weighted by atomic mass is 10.0. The molecule has 0 unspecified atom stereocenters. The fourth-order valence-electron chi connectivity index (χ4n) is 5.74. The predicted octanol–water partition coefficient (Wildman–Crippen LogP) is 12.6. The van der Waals surface area contributed by atoms with E-state index in [-0.39, 0.29) is 25.2 Å². The molecule has 0 N–H and O–H groups in total. The molecule has 0 aromatic rings. The summed E-state index contributed by atoms with van der Waals surface area (Å²) in [6.45, 7) is 4.92. The molecule has 0 radical (unpaired) electrons. The zero-order valence-corrected chi connectivity index (χ0v) is 28.7. The Labute approximate surface area is 263 Å². The van der Waals surface area contributed by atoms with Crippen LogP contribution in [-0.2, 0) is 19.1 Å². The van der Waals surface area contributed by atoms with Crippen LogP contribution in [0.25, 0.3) is 0 Å². The highest BCUT2D eigenvalue weighted by molar-refractivity contribution is 5.70. The Balaban J connectivity index is 3.26. The van der Waals surface area contributed by atoms with Crippen molar-refractivity contribution in [1.29, 1.82) is 0 Å². The summed E-state index contributed by atoms with van der Waals surface area (Å²) >= 11 is 0. The number of rotatable bonds is 35. The highest BCUT2D eigenvalue weighted by atomic mass is 16.6. The molecule has 42 heavy (non-hydrogen) atoms. The van der Waals surface area contributed by atoms with Crippen molar-refractivity contribution in [3.05, 3.63) is 0 Å². The van der Waals surface area contributed by atoms with Crippen LogP contribution in [-0.4, -0.2) is 25.2 Å². The van der Waals surface area contributed by atoms with Crippen molar-refractivity contribution in [3.8, 4) is 0 Å². The summed E-state index contributed by atoms with van der Waals surface area (Å²) in [4.78, 5) is 23.8. The molecule has 0 rings (SSSR count). The summed E-state index contributed by atoms with van der Waals surface area (Å²) in [5, 5.41) is 0.